The molecule has 4 bridgehead atoms. The molecule has 0 aliphatic carbocycles. The molecule has 1 aromatic rings. The van der Waals surface area contributed by atoms with E-state index in [0.29, 0.717) is 12.3 Å². The molecule has 5 rings (SSSR count). The number of benzene rings is 1. The number of carbonyl (C=O) groups is 1. The van der Waals surface area contributed by atoms with E-state index in [9.17, 15) is 4.79 Å². The average Bonchev–Trinajstić information content (AvgIpc) is 2.37. The fourth-order valence-electron chi connectivity index (χ4n) is 4.73. The van der Waals surface area contributed by atoms with Gasteiger partial charge in [0.25, 0.3) is 0 Å². The van der Waals surface area contributed by atoms with E-state index < -0.39 is 0 Å². The Hall–Kier alpha value is -0.710. The highest BCUT2D eigenvalue weighted by Gasteiger charge is 2.51. The van der Waals surface area contributed by atoms with Gasteiger partial charge in [0.05, 0.1) is 13.1 Å². The lowest BCUT2D eigenvalue weighted by molar-refractivity contribution is -0.954. The highest BCUT2D eigenvalue weighted by atomic mass is 79.9. The molecule has 3 nitrogen and oxygen atoms in total. The summed E-state index contributed by atoms with van der Waals surface area (Å²) in [6.45, 7) is 6.75. The molecule has 0 N–H and O–H groups in total. The number of nitrogens with zero attached hydrogens (tertiary/aromatic N) is 2. The predicted octanol–water partition coefficient (Wildman–Crippen LogP) is 2.37. The number of ketones is 1. The highest BCUT2D eigenvalue weighted by molar-refractivity contribution is 9.10. The minimum absolute atomic E-state index is 0.306. The van der Waals surface area contributed by atoms with Crippen molar-refractivity contribution in [1.29, 1.82) is 0 Å². The fraction of sp³-hybridized carbons (Fsp3) is 0.562. The zero-order chi connectivity index (χ0) is 13.7. The number of piperidine rings is 2. The second kappa shape index (κ2) is 4.65. The number of halogens is 1. The van der Waals surface area contributed by atoms with Gasteiger partial charge >= 0.3 is 0 Å². The number of Topliss-reactive ketones (excluding diaryl/α,β-unsaturated/α-hetero) is 1. The van der Waals surface area contributed by atoms with Crippen LogP contribution >= 0.6 is 15.9 Å². The van der Waals surface area contributed by atoms with Gasteiger partial charge in [0.1, 0.15) is 13.2 Å². The third-order valence-electron chi connectivity index (χ3n) is 5.14. The Bertz CT molecular complexity index is 505. The van der Waals surface area contributed by atoms with E-state index in [0.717, 1.165) is 33.0 Å². The maximum absolute atomic E-state index is 12.6. The van der Waals surface area contributed by atoms with Crippen LogP contribution in [0.4, 0.5) is 0 Å². The van der Waals surface area contributed by atoms with Crippen molar-refractivity contribution in [3.05, 3.63) is 34.3 Å². The molecule has 2 unspecified atom stereocenters. The summed E-state index contributed by atoms with van der Waals surface area (Å²) < 4.78 is 2.05. The van der Waals surface area contributed by atoms with Gasteiger partial charge in [0.2, 0.25) is 5.78 Å². The van der Waals surface area contributed by atoms with Crippen molar-refractivity contribution < 1.29 is 9.28 Å². The molecule has 1 aromatic carbocycles. The molecule has 106 valence electrons. The molecule has 20 heavy (non-hydrogen) atoms. The van der Waals surface area contributed by atoms with Crippen LogP contribution in [0.25, 0.3) is 0 Å². The van der Waals surface area contributed by atoms with Crippen LogP contribution < -0.4 is 0 Å². The number of quaternary nitrogens is 1. The Morgan fingerprint density at radius 1 is 1.20 bits per heavy atom. The first-order valence-corrected chi connectivity index (χ1v) is 8.27. The maximum Gasteiger partial charge on any atom is 0.216 e. The van der Waals surface area contributed by atoms with Gasteiger partial charge in [-0.3, -0.25) is 9.69 Å². The average molecular weight is 336 g/mol. The first-order chi connectivity index (χ1) is 9.62. The van der Waals surface area contributed by atoms with Crippen LogP contribution in [0.2, 0.25) is 0 Å². The first kappa shape index (κ1) is 13.0. The molecule has 4 aliphatic rings. The molecular formula is C16H20BrN2O+. The molecule has 0 radical (unpaired) electrons. The van der Waals surface area contributed by atoms with Crippen LogP contribution in [0.15, 0.2) is 28.7 Å². The number of rotatable bonds is 3. The summed E-state index contributed by atoms with van der Waals surface area (Å²) in [6.07, 6.45) is 1.39. The Labute approximate surface area is 128 Å². The van der Waals surface area contributed by atoms with E-state index in [1.54, 1.807) is 0 Å². The summed E-state index contributed by atoms with van der Waals surface area (Å²) in [5, 5.41) is 0. The van der Waals surface area contributed by atoms with E-state index in [4.69, 9.17) is 0 Å². The van der Waals surface area contributed by atoms with E-state index in [2.05, 4.69) is 20.8 Å². The van der Waals surface area contributed by atoms with Crippen LogP contribution in [0.5, 0.6) is 0 Å². The molecular weight excluding hydrogens is 316 g/mol. The smallest absolute Gasteiger partial charge is 0.216 e. The normalized spacial score (nSPS) is 38.1. The van der Waals surface area contributed by atoms with Crippen molar-refractivity contribution in [3.8, 4) is 0 Å². The summed E-state index contributed by atoms with van der Waals surface area (Å²) in [7, 11) is 0. The summed E-state index contributed by atoms with van der Waals surface area (Å²) >= 11 is 3.43. The SMILES string of the molecule is O=C(C[N+]12CC3CC(CN(C3)C1)C2)c1ccc(Br)cc1. The van der Waals surface area contributed by atoms with Gasteiger partial charge in [-0.25, -0.2) is 0 Å². The zero-order valence-corrected chi connectivity index (χ0v) is 13.2. The standard InChI is InChI=1S/C16H20BrN2O/c17-15-3-1-14(2-4-15)16(20)10-19-8-12-5-13(9-19)7-18(6-12)11-19/h1-4,12-13H,5-11H2/q+1. The van der Waals surface area contributed by atoms with Crippen molar-refractivity contribution in [2.45, 2.75) is 6.42 Å². The molecule has 2 atom stereocenters. The van der Waals surface area contributed by atoms with E-state index in [1.165, 1.54) is 32.6 Å². The maximum atomic E-state index is 12.6. The molecule has 0 aromatic heterocycles. The molecule has 4 fully saturated rings. The Morgan fingerprint density at radius 2 is 1.85 bits per heavy atom. The van der Waals surface area contributed by atoms with Gasteiger partial charge in [-0.15, -0.1) is 0 Å². The van der Waals surface area contributed by atoms with Gasteiger partial charge < -0.3 is 4.48 Å². The number of hydrogen-bond donors (Lipinski definition) is 0. The van der Waals surface area contributed by atoms with E-state index in [1.807, 2.05) is 24.3 Å². The second-order valence-corrected chi connectivity index (χ2v) is 7.86. The summed E-state index contributed by atoms with van der Waals surface area (Å²) in [4.78, 5) is 15.2. The van der Waals surface area contributed by atoms with Crippen molar-refractivity contribution in [2.75, 3.05) is 39.4 Å². The molecule has 4 aliphatic heterocycles. The lowest BCUT2D eigenvalue weighted by atomic mass is 9.80. The topological polar surface area (TPSA) is 20.3 Å². The molecule has 0 amide bonds. The van der Waals surface area contributed by atoms with Gasteiger partial charge in [-0.05, 0) is 18.6 Å². The van der Waals surface area contributed by atoms with Crippen molar-refractivity contribution in [2.24, 2.45) is 11.8 Å². The predicted molar refractivity (Wildman–Crippen MR) is 81.4 cm³/mol. The minimum atomic E-state index is 0.306. The first-order valence-electron chi connectivity index (χ1n) is 7.48. The van der Waals surface area contributed by atoms with Crippen LogP contribution in [-0.2, 0) is 0 Å². The van der Waals surface area contributed by atoms with Crippen molar-refractivity contribution >= 4 is 21.7 Å². The molecule has 0 saturated carbocycles. The summed E-state index contributed by atoms with van der Waals surface area (Å²) in [5.74, 6) is 1.96. The van der Waals surface area contributed by atoms with E-state index >= 15 is 0 Å². The minimum Gasteiger partial charge on any atom is -0.304 e. The lowest BCUT2D eigenvalue weighted by Gasteiger charge is -2.58. The molecule has 0 spiro atoms. The third-order valence-corrected chi connectivity index (χ3v) is 5.66. The Balaban J connectivity index is 1.53. The van der Waals surface area contributed by atoms with Crippen LogP contribution in [0, 0.1) is 11.8 Å². The van der Waals surface area contributed by atoms with Gasteiger partial charge in [0.15, 0.2) is 0 Å². The second-order valence-electron chi connectivity index (χ2n) is 6.94. The van der Waals surface area contributed by atoms with Crippen molar-refractivity contribution in [3.63, 3.8) is 0 Å². The number of hydrogen-bond acceptors (Lipinski definition) is 2. The lowest BCUT2D eigenvalue weighted by Crippen LogP contribution is -2.72. The largest absolute Gasteiger partial charge is 0.304 e. The molecule has 4 heteroatoms. The zero-order valence-electron chi connectivity index (χ0n) is 11.6. The van der Waals surface area contributed by atoms with Crippen LogP contribution in [0.1, 0.15) is 16.8 Å². The summed E-state index contributed by atoms with van der Waals surface area (Å²) in [5.41, 5.74) is 0.858. The van der Waals surface area contributed by atoms with Crippen LogP contribution in [0.3, 0.4) is 0 Å². The summed E-state index contributed by atoms with van der Waals surface area (Å²) in [6, 6.07) is 7.81. The third kappa shape index (κ3) is 2.24. The highest BCUT2D eigenvalue weighted by Crippen LogP contribution is 2.38. The van der Waals surface area contributed by atoms with E-state index in [-0.39, 0.29) is 0 Å². The molecule has 4 saturated heterocycles. The monoisotopic (exact) mass is 335 g/mol. The Morgan fingerprint density at radius 3 is 2.45 bits per heavy atom. The van der Waals surface area contributed by atoms with Gasteiger partial charge in [0, 0.05) is 35.0 Å². The Kier molecular flexibility index (Phi) is 3.02. The quantitative estimate of drug-likeness (QED) is 0.624. The fourth-order valence-corrected chi connectivity index (χ4v) is 4.99. The molecule has 4 heterocycles. The number of carbonyl (C=O) groups excluding carboxylic acids is 1. The van der Waals surface area contributed by atoms with Gasteiger partial charge in [-0.2, -0.15) is 0 Å². The van der Waals surface area contributed by atoms with Crippen LogP contribution in [-0.4, -0.2) is 54.6 Å². The van der Waals surface area contributed by atoms with Crippen molar-refractivity contribution in [1.82, 2.24) is 4.90 Å². The van der Waals surface area contributed by atoms with Gasteiger partial charge in [-0.1, -0.05) is 28.1 Å².